The molecule has 0 aromatic heterocycles. The Morgan fingerprint density at radius 2 is 1.74 bits per heavy atom. The van der Waals surface area contributed by atoms with E-state index in [4.69, 9.17) is 10.00 Å². The summed E-state index contributed by atoms with van der Waals surface area (Å²) in [7, 11) is 2.36. The van der Waals surface area contributed by atoms with Crippen LogP contribution in [-0.2, 0) is 4.79 Å². The van der Waals surface area contributed by atoms with E-state index >= 15 is 0 Å². The van der Waals surface area contributed by atoms with Crippen molar-refractivity contribution in [3.05, 3.63) is 29.6 Å². The molecule has 2 aliphatic carbocycles. The van der Waals surface area contributed by atoms with Gasteiger partial charge in [0.2, 0.25) is 0 Å². The molecule has 1 aromatic carbocycles. The van der Waals surface area contributed by atoms with Crippen LogP contribution in [0, 0.1) is 34.9 Å². The lowest BCUT2D eigenvalue weighted by atomic mass is 9.71. The number of hydrogen-bond donors (Lipinski definition) is 0. The predicted molar refractivity (Wildman–Crippen MR) is 115 cm³/mol. The van der Waals surface area contributed by atoms with Crippen LogP contribution >= 0.6 is 0 Å². The second-order valence-corrected chi connectivity index (χ2v) is 24.8. The van der Waals surface area contributed by atoms with E-state index in [0.29, 0.717) is 17.6 Å². The number of halogens is 1. The van der Waals surface area contributed by atoms with Crippen molar-refractivity contribution in [3.8, 4) is 11.8 Å². The lowest BCUT2D eigenvalue weighted by Crippen LogP contribution is -2.30. The smallest absolute Gasteiger partial charge is 0.314 e. The van der Waals surface area contributed by atoms with Crippen LogP contribution in [0.2, 0.25) is 5.54 Å². The number of ether oxygens (including phenoxy) is 1. The molecular formula is C20H30FNO2Si3. The summed E-state index contributed by atoms with van der Waals surface area (Å²) in [6, 6.07) is 5.76. The van der Waals surface area contributed by atoms with E-state index in [1.54, 1.807) is 6.07 Å². The Hall–Kier alpha value is -1.24. The van der Waals surface area contributed by atoms with E-state index in [0.717, 1.165) is 43.6 Å². The first-order chi connectivity index (χ1) is 13.1. The lowest BCUT2D eigenvalue weighted by Gasteiger charge is -2.37. The zero-order valence-corrected chi connectivity index (χ0v) is 21.1. The fraction of sp³-hybridized carbons (Fsp3) is 0.600. The SMILES string of the molecule is N#Cc1ccc(OC(=O)C2CCC(C3CCC([SiH2][SiH2][SiH3])CC3)CC2)cc1F. The van der Waals surface area contributed by atoms with Gasteiger partial charge in [-0.2, -0.15) is 5.26 Å². The van der Waals surface area contributed by atoms with Crippen LogP contribution in [0.1, 0.15) is 56.9 Å². The van der Waals surface area contributed by atoms with E-state index in [9.17, 15) is 9.18 Å². The zero-order chi connectivity index (χ0) is 19.2. The normalized spacial score (nSPS) is 29.3. The van der Waals surface area contributed by atoms with E-state index in [-0.39, 0.29) is 23.2 Å². The van der Waals surface area contributed by atoms with Crippen molar-refractivity contribution in [2.24, 2.45) is 17.8 Å². The topological polar surface area (TPSA) is 50.1 Å². The molecule has 0 amide bonds. The van der Waals surface area contributed by atoms with Crippen LogP contribution in [0.25, 0.3) is 0 Å². The molecule has 0 saturated heterocycles. The summed E-state index contributed by atoms with van der Waals surface area (Å²) in [5.41, 5.74) is 1.14. The van der Waals surface area contributed by atoms with Gasteiger partial charge >= 0.3 is 5.97 Å². The number of nitrogens with zero attached hydrogens (tertiary/aromatic N) is 1. The summed E-state index contributed by atoms with van der Waals surface area (Å²) in [6.45, 7) is 0. The molecule has 0 atom stereocenters. The molecule has 0 spiro atoms. The highest BCUT2D eigenvalue weighted by Crippen LogP contribution is 2.42. The molecule has 1 aromatic rings. The third kappa shape index (κ3) is 5.40. The van der Waals surface area contributed by atoms with Crippen LogP contribution in [-0.4, -0.2) is 33.3 Å². The van der Waals surface area contributed by atoms with Crippen molar-refractivity contribution >= 4 is 33.3 Å². The first-order valence-corrected chi connectivity index (χ1v) is 21.0. The monoisotopic (exact) mass is 419 g/mol. The van der Waals surface area contributed by atoms with Crippen LogP contribution in [0.5, 0.6) is 5.75 Å². The fourth-order valence-corrected chi connectivity index (χ4v) is 18.4. The maximum Gasteiger partial charge on any atom is 0.314 e. The number of esters is 1. The van der Waals surface area contributed by atoms with Gasteiger partial charge in [0.25, 0.3) is 0 Å². The predicted octanol–water partition coefficient (Wildman–Crippen LogP) is 1.92. The zero-order valence-electron chi connectivity index (χ0n) is 16.3. The average molecular weight is 420 g/mol. The molecule has 2 fully saturated rings. The number of carbonyl (C=O) groups excluding carboxylic acids is 1. The van der Waals surface area contributed by atoms with Gasteiger partial charge in [0.15, 0.2) is 0 Å². The Morgan fingerprint density at radius 3 is 2.30 bits per heavy atom. The minimum atomic E-state index is -0.641. The Balaban J connectivity index is 1.46. The van der Waals surface area contributed by atoms with Gasteiger partial charge in [0, 0.05) is 15.1 Å². The highest BCUT2D eigenvalue weighted by Gasteiger charge is 2.33. The van der Waals surface area contributed by atoms with Crippen molar-refractivity contribution in [1.82, 2.24) is 0 Å². The standard InChI is InChI=1S/C20H30FNO2Si3/c21-19-11-17(8-5-16(19)12-22)24-20(23)15-3-1-13(2-4-15)14-6-9-18(10-7-14)26-27-25/h5,8,11,13-15,18H,1-4,6-7,9-10,26-27H2,25H3. The van der Waals surface area contributed by atoms with Crippen LogP contribution in [0.15, 0.2) is 18.2 Å². The maximum absolute atomic E-state index is 13.7. The summed E-state index contributed by atoms with van der Waals surface area (Å²) >= 11 is 0. The van der Waals surface area contributed by atoms with Gasteiger partial charge in [-0.3, -0.25) is 4.79 Å². The second kappa shape index (κ2) is 9.80. The van der Waals surface area contributed by atoms with Gasteiger partial charge in [-0.15, -0.1) is 0 Å². The van der Waals surface area contributed by atoms with E-state index in [2.05, 4.69) is 0 Å². The van der Waals surface area contributed by atoms with Gasteiger partial charge in [-0.25, -0.2) is 4.39 Å². The minimum Gasteiger partial charge on any atom is -0.426 e. The van der Waals surface area contributed by atoms with Gasteiger partial charge in [0.1, 0.15) is 17.6 Å². The average Bonchev–Trinajstić information content (AvgIpc) is 2.69. The Bertz CT molecular complexity index is 693. The summed E-state index contributed by atoms with van der Waals surface area (Å²) < 4.78 is 19.0. The van der Waals surface area contributed by atoms with Crippen molar-refractivity contribution in [3.63, 3.8) is 0 Å². The summed E-state index contributed by atoms with van der Waals surface area (Å²) in [5, 5.41) is 8.78. The molecule has 3 rings (SSSR count). The number of nitriles is 1. The molecule has 0 N–H and O–H groups in total. The molecule has 0 aliphatic heterocycles. The number of hydrogen-bond acceptors (Lipinski definition) is 3. The fourth-order valence-electron chi connectivity index (χ4n) is 5.03. The number of carbonyl (C=O) groups is 1. The van der Waals surface area contributed by atoms with E-state index in [1.165, 1.54) is 53.1 Å². The first kappa shape index (κ1) is 20.5. The van der Waals surface area contributed by atoms with Crippen molar-refractivity contribution < 1.29 is 13.9 Å². The third-order valence-corrected chi connectivity index (χ3v) is 18.2. The van der Waals surface area contributed by atoms with Crippen molar-refractivity contribution in [1.29, 1.82) is 5.26 Å². The molecule has 3 nitrogen and oxygen atoms in total. The molecule has 27 heavy (non-hydrogen) atoms. The largest absolute Gasteiger partial charge is 0.426 e. The summed E-state index contributed by atoms with van der Waals surface area (Å²) in [5.74, 6) is 0.916. The molecule has 0 heterocycles. The van der Waals surface area contributed by atoms with Crippen LogP contribution in [0.3, 0.4) is 0 Å². The Morgan fingerprint density at radius 1 is 1.11 bits per heavy atom. The summed E-state index contributed by atoms with van der Waals surface area (Å²) in [4.78, 5) is 12.4. The highest BCUT2D eigenvalue weighted by molar-refractivity contribution is 7.24. The highest BCUT2D eigenvalue weighted by atomic mass is 29.5. The molecule has 0 bridgehead atoms. The Kier molecular flexibility index (Phi) is 7.44. The molecule has 0 radical (unpaired) electrons. The summed E-state index contributed by atoms with van der Waals surface area (Å²) in [6.07, 6.45) is 9.90. The molecule has 2 saturated carbocycles. The van der Waals surface area contributed by atoms with Crippen LogP contribution in [0.4, 0.5) is 4.39 Å². The van der Waals surface area contributed by atoms with Gasteiger partial charge in [0.05, 0.1) is 11.5 Å². The van der Waals surface area contributed by atoms with Crippen molar-refractivity contribution in [2.45, 2.75) is 56.9 Å². The quantitative estimate of drug-likeness (QED) is 0.416. The minimum absolute atomic E-state index is 0.0314. The molecule has 2 aliphatic rings. The third-order valence-electron chi connectivity index (χ3n) is 6.64. The maximum atomic E-state index is 13.7. The van der Waals surface area contributed by atoms with Gasteiger partial charge < -0.3 is 4.74 Å². The van der Waals surface area contributed by atoms with E-state index < -0.39 is 5.82 Å². The number of benzene rings is 1. The number of rotatable bonds is 5. The molecule has 0 unspecified atom stereocenters. The molecule has 7 heteroatoms. The van der Waals surface area contributed by atoms with Gasteiger partial charge in [-0.05, 0) is 68.0 Å². The Labute approximate surface area is 168 Å². The molecular weight excluding hydrogens is 389 g/mol. The van der Waals surface area contributed by atoms with Crippen LogP contribution < -0.4 is 4.74 Å². The van der Waals surface area contributed by atoms with Gasteiger partial charge in [-0.1, -0.05) is 31.2 Å². The lowest BCUT2D eigenvalue weighted by molar-refractivity contribution is -0.140. The first-order valence-electron chi connectivity index (χ1n) is 10.5. The van der Waals surface area contributed by atoms with Crippen molar-refractivity contribution in [2.75, 3.05) is 0 Å². The van der Waals surface area contributed by atoms with E-state index in [1.807, 2.05) is 0 Å². The molecule has 146 valence electrons. The second-order valence-electron chi connectivity index (χ2n) is 8.36.